The molecule has 1 amide bonds. The zero-order chi connectivity index (χ0) is 15.0. The summed E-state index contributed by atoms with van der Waals surface area (Å²) in [5.41, 5.74) is 0. The monoisotopic (exact) mass is 326 g/mol. The maximum atomic E-state index is 12.5. The Hall–Kier alpha value is -0.910. The topological polar surface area (TPSA) is 49.4 Å². The van der Waals surface area contributed by atoms with Gasteiger partial charge in [-0.25, -0.2) is 0 Å². The van der Waals surface area contributed by atoms with E-state index in [1.165, 1.54) is 11.3 Å². The van der Waals surface area contributed by atoms with E-state index in [1.807, 2.05) is 6.92 Å². The summed E-state index contributed by atoms with van der Waals surface area (Å²) in [6, 6.07) is 3.74. The van der Waals surface area contributed by atoms with Gasteiger partial charge in [-0.2, -0.15) is 0 Å². The SMILES string of the molecule is CC(C(=O)c1ccc(Cl)s1)N1CCC2NC(=O)CCC2C1. The average Bonchev–Trinajstić information content (AvgIpc) is 2.91. The second-order valence-electron chi connectivity index (χ2n) is 5.90. The van der Waals surface area contributed by atoms with Crippen molar-refractivity contribution in [1.82, 2.24) is 10.2 Å². The van der Waals surface area contributed by atoms with Crippen molar-refractivity contribution in [1.29, 1.82) is 0 Å². The van der Waals surface area contributed by atoms with Crippen molar-refractivity contribution < 1.29 is 9.59 Å². The van der Waals surface area contributed by atoms with Crippen LogP contribution in [-0.4, -0.2) is 41.8 Å². The Morgan fingerprint density at radius 3 is 3.00 bits per heavy atom. The number of Topliss-reactive ketones (excluding diaryl/α,β-unsaturated/α-hetero) is 1. The Morgan fingerprint density at radius 2 is 2.29 bits per heavy atom. The van der Waals surface area contributed by atoms with Crippen molar-refractivity contribution in [2.45, 2.75) is 38.3 Å². The Bertz CT molecular complexity index is 560. The minimum Gasteiger partial charge on any atom is -0.353 e. The molecule has 3 rings (SSSR count). The Balaban J connectivity index is 1.65. The molecule has 4 nitrogen and oxygen atoms in total. The number of nitrogens with one attached hydrogen (secondary N) is 1. The normalized spacial score (nSPS) is 27.8. The molecule has 21 heavy (non-hydrogen) atoms. The van der Waals surface area contributed by atoms with Crippen LogP contribution < -0.4 is 5.32 Å². The predicted molar refractivity (Wildman–Crippen MR) is 84.0 cm³/mol. The number of nitrogens with zero attached hydrogens (tertiary/aromatic N) is 1. The molecule has 2 aliphatic heterocycles. The summed E-state index contributed by atoms with van der Waals surface area (Å²) in [6.07, 6.45) is 2.47. The quantitative estimate of drug-likeness (QED) is 0.869. The van der Waals surface area contributed by atoms with Gasteiger partial charge in [-0.05, 0) is 37.8 Å². The van der Waals surface area contributed by atoms with Gasteiger partial charge in [-0.1, -0.05) is 11.6 Å². The van der Waals surface area contributed by atoms with E-state index in [0.717, 1.165) is 30.8 Å². The number of carbonyl (C=O) groups is 2. The highest BCUT2D eigenvalue weighted by Crippen LogP contribution is 2.28. The molecule has 3 unspecified atom stereocenters. The first-order valence-corrected chi connectivity index (χ1v) is 8.57. The van der Waals surface area contributed by atoms with Crippen molar-refractivity contribution in [2.75, 3.05) is 13.1 Å². The maximum absolute atomic E-state index is 12.5. The maximum Gasteiger partial charge on any atom is 0.220 e. The number of fused-ring (bicyclic) bond motifs is 1. The van der Waals surface area contributed by atoms with Crippen molar-refractivity contribution in [3.05, 3.63) is 21.3 Å². The number of carbonyl (C=O) groups excluding carboxylic acids is 2. The fourth-order valence-corrected chi connectivity index (χ4v) is 4.37. The number of ketones is 1. The number of hydrogen-bond acceptors (Lipinski definition) is 4. The summed E-state index contributed by atoms with van der Waals surface area (Å²) in [5, 5.41) is 3.08. The number of halogens is 1. The van der Waals surface area contributed by atoms with Gasteiger partial charge in [0, 0.05) is 25.6 Å². The lowest BCUT2D eigenvalue weighted by molar-refractivity contribution is -0.125. The van der Waals surface area contributed by atoms with E-state index in [4.69, 9.17) is 11.6 Å². The van der Waals surface area contributed by atoms with E-state index < -0.39 is 0 Å². The summed E-state index contributed by atoms with van der Waals surface area (Å²) >= 11 is 7.26. The molecule has 0 aliphatic carbocycles. The molecule has 0 radical (unpaired) electrons. The first-order chi connectivity index (χ1) is 10.0. The number of amides is 1. The molecule has 3 heterocycles. The molecule has 114 valence electrons. The Kier molecular flexibility index (Phi) is 4.33. The highest BCUT2D eigenvalue weighted by Gasteiger charge is 2.36. The number of rotatable bonds is 3. The van der Waals surface area contributed by atoms with Crippen LogP contribution in [0.4, 0.5) is 0 Å². The third kappa shape index (κ3) is 3.15. The highest BCUT2D eigenvalue weighted by atomic mass is 35.5. The Morgan fingerprint density at radius 1 is 1.48 bits per heavy atom. The molecular formula is C15H19ClN2O2S. The number of likely N-dealkylation sites (tertiary alicyclic amines) is 1. The van der Waals surface area contributed by atoms with Gasteiger partial charge in [-0.3, -0.25) is 14.5 Å². The fraction of sp³-hybridized carbons (Fsp3) is 0.600. The van der Waals surface area contributed by atoms with Crippen LogP contribution in [0.3, 0.4) is 0 Å². The molecule has 1 aromatic heterocycles. The molecule has 1 aromatic rings. The van der Waals surface area contributed by atoms with E-state index in [0.29, 0.717) is 22.7 Å². The molecule has 6 heteroatoms. The van der Waals surface area contributed by atoms with Gasteiger partial charge in [-0.15, -0.1) is 11.3 Å². The lowest BCUT2D eigenvalue weighted by Crippen LogP contribution is -2.56. The second kappa shape index (κ2) is 6.07. The predicted octanol–water partition coefficient (Wildman–Crippen LogP) is 2.57. The van der Waals surface area contributed by atoms with Gasteiger partial charge in [0.1, 0.15) is 0 Å². The van der Waals surface area contributed by atoms with Crippen LogP contribution in [-0.2, 0) is 4.79 Å². The fourth-order valence-electron chi connectivity index (χ4n) is 3.31. The molecule has 0 aromatic carbocycles. The molecule has 1 N–H and O–H groups in total. The van der Waals surface area contributed by atoms with E-state index in [-0.39, 0.29) is 17.7 Å². The van der Waals surface area contributed by atoms with Crippen molar-refractivity contribution >= 4 is 34.6 Å². The van der Waals surface area contributed by atoms with Gasteiger partial charge in [0.25, 0.3) is 0 Å². The van der Waals surface area contributed by atoms with Crippen molar-refractivity contribution in [2.24, 2.45) is 5.92 Å². The summed E-state index contributed by atoms with van der Waals surface area (Å²) < 4.78 is 0.652. The molecular weight excluding hydrogens is 308 g/mol. The standard InChI is InChI=1S/C15H19ClN2O2S/c1-9(15(20)12-3-4-13(16)21-12)18-7-6-11-10(8-18)2-5-14(19)17-11/h3-4,9-11H,2,5-8H2,1H3,(H,17,19). The van der Waals surface area contributed by atoms with Crippen LogP contribution in [0.1, 0.15) is 35.9 Å². The van der Waals surface area contributed by atoms with E-state index >= 15 is 0 Å². The average molecular weight is 327 g/mol. The highest BCUT2D eigenvalue weighted by molar-refractivity contribution is 7.18. The van der Waals surface area contributed by atoms with Gasteiger partial charge >= 0.3 is 0 Å². The summed E-state index contributed by atoms with van der Waals surface area (Å²) in [6.45, 7) is 3.71. The van der Waals surface area contributed by atoms with Crippen LogP contribution in [0.5, 0.6) is 0 Å². The number of piperidine rings is 2. The van der Waals surface area contributed by atoms with Crippen molar-refractivity contribution in [3.63, 3.8) is 0 Å². The van der Waals surface area contributed by atoms with Crippen LogP contribution in [0.2, 0.25) is 4.34 Å². The lowest BCUT2D eigenvalue weighted by atomic mass is 9.84. The summed E-state index contributed by atoms with van der Waals surface area (Å²) in [4.78, 5) is 26.9. The van der Waals surface area contributed by atoms with Crippen LogP contribution >= 0.6 is 22.9 Å². The zero-order valence-corrected chi connectivity index (χ0v) is 13.5. The van der Waals surface area contributed by atoms with E-state index in [9.17, 15) is 9.59 Å². The third-order valence-corrected chi connectivity index (χ3v) is 5.84. The van der Waals surface area contributed by atoms with Gasteiger partial charge in [0.05, 0.1) is 15.3 Å². The van der Waals surface area contributed by atoms with Gasteiger partial charge in [0.15, 0.2) is 5.78 Å². The summed E-state index contributed by atoms with van der Waals surface area (Å²) in [7, 11) is 0. The number of hydrogen-bond donors (Lipinski definition) is 1. The molecule has 2 fully saturated rings. The molecule has 0 spiro atoms. The molecule has 2 aliphatic rings. The van der Waals surface area contributed by atoms with Crippen molar-refractivity contribution in [3.8, 4) is 0 Å². The van der Waals surface area contributed by atoms with Gasteiger partial charge in [0.2, 0.25) is 5.91 Å². The molecule has 0 bridgehead atoms. The first kappa shape index (κ1) is 15.0. The minimum atomic E-state index is -0.127. The van der Waals surface area contributed by atoms with Crippen LogP contribution in [0.25, 0.3) is 0 Å². The van der Waals surface area contributed by atoms with Gasteiger partial charge < -0.3 is 5.32 Å². The molecule has 0 saturated carbocycles. The third-order valence-electron chi connectivity index (χ3n) is 4.60. The minimum absolute atomic E-state index is 0.127. The van der Waals surface area contributed by atoms with Crippen LogP contribution in [0.15, 0.2) is 12.1 Å². The first-order valence-electron chi connectivity index (χ1n) is 7.37. The van der Waals surface area contributed by atoms with E-state index in [1.54, 1.807) is 12.1 Å². The zero-order valence-electron chi connectivity index (χ0n) is 12.0. The molecule has 3 atom stereocenters. The van der Waals surface area contributed by atoms with Crippen LogP contribution in [0, 0.1) is 5.92 Å². The molecule has 2 saturated heterocycles. The lowest BCUT2D eigenvalue weighted by Gasteiger charge is -2.43. The largest absolute Gasteiger partial charge is 0.353 e. The summed E-state index contributed by atoms with van der Waals surface area (Å²) in [5.74, 6) is 0.783. The number of thiophene rings is 1. The van der Waals surface area contributed by atoms with E-state index in [2.05, 4.69) is 10.2 Å². The Labute approximate surface area is 133 Å². The smallest absolute Gasteiger partial charge is 0.220 e. The second-order valence-corrected chi connectivity index (χ2v) is 7.62.